The summed E-state index contributed by atoms with van der Waals surface area (Å²) in [5.41, 5.74) is 10.0. The summed E-state index contributed by atoms with van der Waals surface area (Å²) in [4.78, 5) is 28.8. The SMILES string of the molecule is NC(=O)C(CC1CCCc2c(OC(=O)CO)cccc21)C(c1ccccc1)c1cccnc1. The first kappa shape index (κ1) is 22.7. The molecule has 3 unspecified atom stereocenters. The Morgan fingerprint density at radius 3 is 2.55 bits per heavy atom. The second-order valence-electron chi connectivity index (χ2n) is 8.46. The van der Waals surface area contributed by atoms with Crippen molar-refractivity contribution in [2.75, 3.05) is 6.61 Å². The van der Waals surface area contributed by atoms with E-state index in [0.29, 0.717) is 12.2 Å². The van der Waals surface area contributed by atoms with E-state index < -0.39 is 18.5 Å². The number of fused-ring (bicyclic) bond motifs is 1. The Morgan fingerprint density at radius 1 is 1.06 bits per heavy atom. The lowest BCUT2D eigenvalue weighted by atomic mass is 9.72. The van der Waals surface area contributed by atoms with Crippen LogP contribution in [0, 0.1) is 5.92 Å². The van der Waals surface area contributed by atoms with Crippen LogP contribution >= 0.6 is 0 Å². The summed E-state index contributed by atoms with van der Waals surface area (Å²) < 4.78 is 5.36. The Hall–Kier alpha value is -3.51. The van der Waals surface area contributed by atoms with Gasteiger partial charge >= 0.3 is 5.97 Å². The molecule has 3 N–H and O–H groups in total. The molecule has 3 aromatic rings. The Labute approximate surface area is 193 Å². The summed E-state index contributed by atoms with van der Waals surface area (Å²) in [6.07, 6.45) is 6.72. The first-order valence-electron chi connectivity index (χ1n) is 11.3. The van der Waals surface area contributed by atoms with E-state index in [1.54, 1.807) is 18.5 Å². The minimum absolute atomic E-state index is 0.0990. The van der Waals surface area contributed by atoms with E-state index in [-0.39, 0.29) is 17.7 Å². The monoisotopic (exact) mass is 444 g/mol. The molecule has 0 spiro atoms. The molecule has 0 fully saturated rings. The Bertz CT molecular complexity index is 1060. The lowest BCUT2D eigenvalue weighted by molar-refractivity contribution is -0.137. The average molecular weight is 445 g/mol. The van der Waals surface area contributed by atoms with Crippen LogP contribution < -0.4 is 10.5 Å². The third kappa shape index (κ3) is 5.12. The summed E-state index contributed by atoms with van der Waals surface area (Å²) in [6, 6.07) is 19.4. The largest absolute Gasteiger partial charge is 0.425 e. The standard InChI is InChI=1S/C27H28N2O4/c28-27(32)23(26(18-7-2-1-3-8-18)20-10-6-14-29-16-20)15-19-9-4-12-22-21(19)11-5-13-24(22)33-25(31)17-30/h1-3,5-8,10-11,13-14,16,19,23,26,30H,4,9,12,15,17H2,(H2,28,32). The Kier molecular flexibility index (Phi) is 7.15. The molecule has 1 aliphatic rings. The van der Waals surface area contributed by atoms with Crippen LogP contribution in [0.2, 0.25) is 0 Å². The van der Waals surface area contributed by atoms with Crippen LogP contribution in [-0.2, 0) is 16.0 Å². The van der Waals surface area contributed by atoms with Crippen molar-refractivity contribution < 1.29 is 19.4 Å². The van der Waals surface area contributed by atoms with Gasteiger partial charge in [0, 0.05) is 24.2 Å². The van der Waals surface area contributed by atoms with Crippen molar-refractivity contribution in [3.05, 3.63) is 95.3 Å². The van der Waals surface area contributed by atoms with Gasteiger partial charge in [-0.05, 0) is 66.0 Å². The summed E-state index contributed by atoms with van der Waals surface area (Å²) in [5.74, 6) is -1.08. The lowest BCUT2D eigenvalue weighted by Gasteiger charge is -2.32. The minimum atomic E-state index is -0.679. The van der Waals surface area contributed by atoms with Crippen LogP contribution in [0.15, 0.2) is 73.1 Å². The summed E-state index contributed by atoms with van der Waals surface area (Å²) in [6.45, 7) is -0.666. The van der Waals surface area contributed by atoms with Gasteiger partial charge in [0.1, 0.15) is 12.4 Å². The Morgan fingerprint density at radius 2 is 1.85 bits per heavy atom. The summed E-state index contributed by atoms with van der Waals surface area (Å²) in [5, 5.41) is 9.08. The number of aromatic nitrogens is 1. The van der Waals surface area contributed by atoms with Crippen molar-refractivity contribution >= 4 is 11.9 Å². The van der Waals surface area contributed by atoms with Crippen LogP contribution in [0.1, 0.15) is 53.4 Å². The van der Waals surface area contributed by atoms with E-state index in [2.05, 4.69) is 4.98 Å². The van der Waals surface area contributed by atoms with Crippen molar-refractivity contribution in [1.29, 1.82) is 0 Å². The van der Waals surface area contributed by atoms with Gasteiger partial charge in [0.05, 0.1) is 0 Å². The lowest BCUT2D eigenvalue weighted by Crippen LogP contribution is -2.32. The van der Waals surface area contributed by atoms with Gasteiger partial charge in [-0.25, -0.2) is 4.79 Å². The van der Waals surface area contributed by atoms with Crippen LogP contribution in [0.25, 0.3) is 0 Å². The van der Waals surface area contributed by atoms with Crippen molar-refractivity contribution in [1.82, 2.24) is 4.98 Å². The van der Waals surface area contributed by atoms with E-state index in [1.165, 1.54) is 0 Å². The number of hydrogen-bond donors (Lipinski definition) is 2. The van der Waals surface area contributed by atoms with Crippen LogP contribution in [0.4, 0.5) is 0 Å². The predicted octanol–water partition coefficient (Wildman–Crippen LogP) is 3.72. The number of primary amides is 1. The minimum Gasteiger partial charge on any atom is -0.425 e. The molecule has 0 saturated heterocycles. The third-order valence-corrected chi connectivity index (χ3v) is 6.45. The highest BCUT2D eigenvalue weighted by Crippen LogP contribution is 2.43. The van der Waals surface area contributed by atoms with Gasteiger partial charge in [-0.1, -0.05) is 48.5 Å². The predicted molar refractivity (Wildman–Crippen MR) is 125 cm³/mol. The highest BCUT2D eigenvalue weighted by Gasteiger charge is 2.34. The molecule has 170 valence electrons. The number of ether oxygens (including phenoxy) is 1. The topological polar surface area (TPSA) is 103 Å². The summed E-state index contributed by atoms with van der Waals surface area (Å²) >= 11 is 0. The van der Waals surface area contributed by atoms with E-state index in [4.69, 9.17) is 15.6 Å². The van der Waals surface area contributed by atoms with Gasteiger partial charge in [-0.3, -0.25) is 9.78 Å². The second kappa shape index (κ2) is 10.4. The average Bonchev–Trinajstić information content (AvgIpc) is 2.85. The molecule has 1 aliphatic carbocycles. The number of nitrogens with two attached hydrogens (primary N) is 1. The number of esters is 1. The smallest absolute Gasteiger partial charge is 0.337 e. The molecular formula is C27H28N2O4. The Balaban J connectivity index is 1.70. The van der Waals surface area contributed by atoms with Gasteiger partial charge in [0.15, 0.2) is 0 Å². The van der Waals surface area contributed by atoms with Crippen molar-refractivity contribution in [2.45, 2.75) is 37.5 Å². The molecule has 6 heteroatoms. The number of hydrogen-bond acceptors (Lipinski definition) is 5. The number of aliphatic hydroxyl groups excluding tert-OH is 1. The number of pyridine rings is 1. The number of aliphatic hydroxyl groups is 1. The molecule has 3 atom stereocenters. The number of amides is 1. The fourth-order valence-corrected chi connectivity index (χ4v) is 5.01. The van der Waals surface area contributed by atoms with Gasteiger partial charge in [0.25, 0.3) is 0 Å². The van der Waals surface area contributed by atoms with Crippen LogP contribution in [0.5, 0.6) is 5.75 Å². The molecule has 0 aliphatic heterocycles. The molecule has 0 radical (unpaired) electrons. The molecule has 0 bridgehead atoms. The second-order valence-corrected chi connectivity index (χ2v) is 8.46. The van der Waals surface area contributed by atoms with Gasteiger partial charge in [-0.15, -0.1) is 0 Å². The van der Waals surface area contributed by atoms with Crippen molar-refractivity contribution in [3.63, 3.8) is 0 Å². The normalized spacial score (nSPS) is 16.9. The number of rotatable bonds is 8. The quantitative estimate of drug-likeness (QED) is 0.407. The fraction of sp³-hybridized carbons (Fsp3) is 0.296. The highest BCUT2D eigenvalue weighted by molar-refractivity contribution is 5.79. The fourth-order valence-electron chi connectivity index (χ4n) is 5.01. The number of nitrogens with zero attached hydrogens (tertiary/aromatic N) is 1. The third-order valence-electron chi connectivity index (χ3n) is 6.45. The molecule has 0 saturated carbocycles. The van der Waals surface area contributed by atoms with E-state index in [1.807, 2.05) is 54.6 Å². The van der Waals surface area contributed by atoms with Gasteiger partial charge in [0.2, 0.25) is 5.91 Å². The molecule has 2 aromatic carbocycles. The maximum atomic E-state index is 12.8. The van der Waals surface area contributed by atoms with Gasteiger partial charge < -0.3 is 15.6 Å². The molecule has 4 rings (SSSR count). The van der Waals surface area contributed by atoms with Crippen molar-refractivity contribution in [3.8, 4) is 5.75 Å². The van der Waals surface area contributed by atoms with E-state index in [0.717, 1.165) is 41.5 Å². The molecule has 1 aromatic heterocycles. The highest BCUT2D eigenvalue weighted by atomic mass is 16.5. The first-order chi connectivity index (χ1) is 16.1. The van der Waals surface area contributed by atoms with E-state index >= 15 is 0 Å². The molecule has 1 heterocycles. The maximum Gasteiger partial charge on any atom is 0.337 e. The first-order valence-corrected chi connectivity index (χ1v) is 11.3. The molecule has 6 nitrogen and oxygen atoms in total. The summed E-state index contributed by atoms with van der Waals surface area (Å²) in [7, 11) is 0. The molecular weight excluding hydrogens is 416 g/mol. The van der Waals surface area contributed by atoms with Crippen LogP contribution in [0.3, 0.4) is 0 Å². The van der Waals surface area contributed by atoms with Crippen LogP contribution in [-0.4, -0.2) is 28.6 Å². The van der Waals surface area contributed by atoms with Crippen molar-refractivity contribution in [2.24, 2.45) is 11.7 Å². The zero-order chi connectivity index (χ0) is 23.2. The molecule has 1 amide bonds. The zero-order valence-corrected chi connectivity index (χ0v) is 18.4. The number of benzene rings is 2. The zero-order valence-electron chi connectivity index (χ0n) is 18.4. The number of carbonyl (C=O) groups is 2. The maximum absolute atomic E-state index is 12.8. The van der Waals surface area contributed by atoms with E-state index in [9.17, 15) is 9.59 Å². The molecule has 33 heavy (non-hydrogen) atoms. The number of carbonyl (C=O) groups excluding carboxylic acids is 2. The van der Waals surface area contributed by atoms with Gasteiger partial charge in [-0.2, -0.15) is 0 Å².